The summed E-state index contributed by atoms with van der Waals surface area (Å²) in [4.78, 5) is 29.1. The van der Waals surface area contributed by atoms with Crippen molar-refractivity contribution in [2.24, 2.45) is 0 Å². The number of carbonyl (C=O) groups excluding carboxylic acids is 2. The molecule has 0 radical (unpaired) electrons. The molecule has 0 bridgehead atoms. The summed E-state index contributed by atoms with van der Waals surface area (Å²) in [6, 6.07) is 14.9. The molecule has 1 atom stereocenters. The van der Waals surface area contributed by atoms with Crippen LogP contribution in [0.4, 0.5) is 0 Å². The predicted octanol–water partition coefficient (Wildman–Crippen LogP) is 6.21. The summed E-state index contributed by atoms with van der Waals surface area (Å²) in [6.45, 7) is 8.83. The average molecular weight is 485 g/mol. The summed E-state index contributed by atoms with van der Waals surface area (Å²) in [5.74, 6) is 0.123. The van der Waals surface area contributed by atoms with E-state index in [1.54, 1.807) is 18.0 Å². The van der Waals surface area contributed by atoms with Gasteiger partial charge in [0.1, 0.15) is 5.57 Å². The third-order valence-corrected chi connectivity index (χ3v) is 7.60. The van der Waals surface area contributed by atoms with Gasteiger partial charge in [0.25, 0.3) is 11.8 Å². The molecule has 2 aliphatic rings. The molecule has 1 unspecified atom stereocenters. The van der Waals surface area contributed by atoms with Crippen LogP contribution in [0.25, 0.3) is 0 Å². The molecule has 190 valence electrons. The zero-order valence-electron chi connectivity index (χ0n) is 22.1. The van der Waals surface area contributed by atoms with Gasteiger partial charge in [-0.15, -0.1) is 0 Å². The van der Waals surface area contributed by atoms with E-state index in [0.717, 1.165) is 37.7 Å². The summed E-state index contributed by atoms with van der Waals surface area (Å²) < 4.78 is 0. The van der Waals surface area contributed by atoms with Gasteiger partial charge in [-0.1, -0.05) is 69.0 Å². The number of fused-ring (bicyclic) bond motifs is 1. The Morgan fingerprint density at radius 2 is 1.89 bits per heavy atom. The van der Waals surface area contributed by atoms with Crippen LogP contribution in [0.2, 0.25) is 0 Å². The number of nitrogens with zero attached hydrogens (tertiary/aromatic N) is 1. The third kappa shape index (κ3) is 5.80. The lowest BCUT2D eigenvalue weighted by Crippen LogP contribution is -2.39. The first-order valence-electron chi connectivity index (χ1n) is 13.6. The standard InChI is InChI=1S/C32H40N2O2/c1-5-19-34(4)32(36)30(24(7-3)20-22-11-8-13-26(21-22)25-17-18-25)31(35)33-29-16-10-14-27-23(6-2)12-9-15-28(27)29/h7-9,11-13,15,21,25,29H,3,5-6,10,14,16-20H2,1-2,4H3,(H,33,35)/b30-24+. The number of rotatable bonds is 10. The Morgan fingerprint density at radius 1 is 1.11 bits per heavy atom. The van der Waals surface area contributed by atoms with E-state index in [2.05, 4.69) is 61.3 Å². The van der Waals surface area contributed by atoms with Crippen LogP contribution in [0.3, 0.4) is 0 Å². The highest BCUT2D eigenvalue weighted by Gasteiger charge is 2.30. The van der Waals surface area contributed by atoms with Crippen LogP contribution in [0, 0.1) is 0 Å². The Morgan fingerprint density at radius 3 is 2.58 bits per heavy atom. The maximum atomic E-state index is 13.8. The number of benzene rings is 2. The van der Waals surface area contributed by atoms with Crippen molar-refractivity contribution in [3.63, 3.8) is 0 Å². The van der Waals surface area contributed by atoms with Gasteiger partial charge in [-0.05, 0) is 90.7 Å². The molecule has 1 fully saturated rings. The van der Waals surface area contributed by atoms with E-state index in [1.807, 2.05) is 6.92 Å². The highest BCUT2D eigenvalue weighted by atomic mass is 16.2. The van der Waals surface area contributed by atoms with Gasteiger partial charge in [0.05, 0.1) is 6.04 Å². The second kappa shape index (κ2) is 11.7. The second-order valence-electron chi connectivity index (χ2n) is 10.3. The van der Waals surface area contributed by atoms with E-state index in [4.69, 9.17) is 0 Å². The van der Waals surface area contributed by atoms with E-state index in [-0.39, 0.29) is 23.4 Å². The number of hydrogen-bond acceptors (Lipinski definition) is 2. The van der Waals surface area contributed by atoms with Gasteiger partial charge in [0.15, 0.2) is 0 Å². The molecule has 0 aromatic heterocycles. The summed E-state index contributed by atoms with van der Waals surface area (Å²) >= 11 is 0. The van der Waals surface area contributed by atoms with E-state index in [9.17, 15) is 9.59 Å². The van der Waals surface area contributed by atoms with Crippen LogP contribution < -0.4 is 5.32 Å². The molecule has 0 aliphatic heterocycles. The van der Waals surface area contributed by atoms with Crippen LogP contribution in [0.1, 0.15) is 85.7 Å². The Kier molecular flexibility index (Phi) is 8.45. The van der Waals surface area contributed by atoms with Crippen molar-refractivity contribution in [3.05, 3.63) is 94.1 Å². The van der Waals surface area contributed by atoms with Crippen LogP contribution in [-0.2, 0) is 28.9 Å². The normalized spacial score (nSPS) is 17.6. The van der Waals surface area contributed by atoms with E-state index in [0.29, 0.717) is 24.5 Å². The zero-order chi connectivity index (χ0) is 25.7. The van der Waals surface area contributed by atoms with E-state index >= 15 is 0 Å². The lowest BCUT2D eigenvalue weighted by atomic mass is 9.84. The lowest BCUT2D eigenvalue weighted by Gasteiger charge is -2.29. The maximum Gasteiger partial charge on any atom is 0.259 e. The molecule has 4 nitrogen and oxygen atoms in total. The first kappa shape index (κ1) is 25.9. The Balaban J connectivity index is 1.67. The highest BCUT2D eigenvalue weighted by Crippen LogP contribution is 2.40. The molecule has 4 rings (SSSR count). The third-order valence-electron chi connectivity index (χ3n) is 7.60. The number of aryl methyl sites for hydroxylation is 1. The van der Waals surface area contributed by atoms with Gasteiger partial charge in [0, 0.05) is 13.6 Å². The van der Waals surface area contributed by atoms with Crippen LogP contribution in [-0.4, -0.2) is 30.3 Å². The zero-order valence-corrected chi connectivity index (χ0v) is 22.1. The molecule has 0 spiro atoms. The summed E-state index contributed by atoms with van der Waals surface area (Å²) in [6.07, 6.45) is 9.46. The highest BCUT2D eigenvalue weighted by molar-refractivity contribution is 6.19. The molecular weight excluding hydrogens is 444 g/mol. The number of carbonyl (C=O) groups is 2. The Bertz CT molecular complexity index is 1160. The average Bonchev–Trinajstić information content (AvgIpc) is 3.74. The smallest absolute Gasteiger partial charge is 0.259 e. The minimum Gasteiger partial charge on any atom is -0.345 e. The lowest BCUT2D eigenvalue weighted by molar-refractivity contribution is -0.129. The van der Waals surface area contributed by atoms with Gasteiger partial charge in [-0.2, -0.15) is 0 Å². The van der Waals surface area contributed by atoms with Gasteiger partial charge in [-0.25, -0.2) is 0 Å². The molecule has 1 N–H and O–H groups in total. The fourth-order valence-corrected chi connectivity index (χ4v) is 5.50. The topological polar surface area (TPSA) is 49.4 Å². The first-order chi connectivity index (χ1) is 17.5. The van der Waals surface area contributed by atoms with E-state index in [1.165, 1.54) is 35.1 Å². The SMILES string of the molecule is C=C/C(Cc1cccc(C2CC2)c1)=C(/C(=O)NC1CCCc2c(CC)cccc21)C(=O)N(C)CCC. The van der Waals surface area contributed by atoms with Crippen molar-refractivity contribution < 1.29 is 9.59 Å². The van der Waals surface area contributed by atoms with Crippen molar-refractivity contribution in [2.45, 2.75) is 77.2 Å². The fraction of sp³-hybridized carbons (Fsp3) is 0.438. The van der Waals surface area contributed by atoms with Crippen molar-refractivity contribution >= 4 is 11.8 Å². The molecule has 4 heteroatoms. The molecule has 2 amide bonds. The van der Waals surface area contributed by atoms with Crippen molar-refractivity contribution in [1.82, 2.24) is 10.2 Å². The van der Waals surface area contributed by atoms with E-state index < -0.39 is 0 Å². The fourth-order valence-electron chi connectivity index (χ4n) is 5.50. The van der Waals surface area contributed by atoms with Gasteiger partial charge < -0.3 is 10.2 Å². The minimum absolute atomic E-state index is 0.0868. The molecule has 36 heavy (non-hydrogen) atoms. The first-order valence-corrected chi connectivity index (χ1v) is 13.6. The number of nitrogens with one attached hydrogen (secondary N) is 1. The van der Waals surface area contributed by atoms with Crippen molar-refractivity contribution in [2.75, 3.05) is 13.6 Å². The number of amides is 2. The Hall–Kier alpha value is -3.14. The largest absolute Gasteiger partial charge is 0.345 e. The van der Waals surface area contributed by atoms with Gasteiger partial charge in [-0.3, -0.25) is 9.59 Å². The van der Waals surface area contributed by atoms with Crippen molar-refractivity contribution in [1.29, 1.82) is 0 Å². The monoisotopic (exact) mass is 484 g/mol. The van der Waals surface area contributed by atoms with Gasteiger partial charge in [0.2, 0.25) is 0 Å². The van der Waals surface area contributed by atoms with Crippen LogP contribution in [0.15, 0.2) is 66.3 Å². The molecule has 1 saturated carbocycles. The maximum absolute atomic E-state index is 13.8. The van der Waals surface area contributed by atoms with Crippen LogP contribution in [0.5, 0.6) is 0 Å². The number of allylic oxidation sites excluding steroid dienone is 2. The predicted molar refractivity (Wildman–Crippen MR) is 147 cm³/mol. The van der Waals surface area contributed by atoms with Crippen molar-refractivity contribution in [3.8, 4) is 0 Å². The van der Waals surface area contributed by atoms with Gasteiger partial charge >= 0.3 is 0 Å². The second-order valence-corrected chi connectivity index (χ2v) is 10.3. The number of likely N-dealkylation sites (N-methyl/N-ethyl adjacent to an activating group) is 1. The summed E-state index contributed by atoms with van der Waals surface area (Å²) in [5, 5.41) is 3.25. The molecule has 2 aliphatic carbocycles. The Labute approximate surface area is 216 Å². The summed E-state index contributed by atoms with van der Waals surface area (Å²) in [7, 11) is 1.77. The number of hydrogen-bond donors (Lipinski definition) is 1. The molecule has 0 heterocycles. The minimum atomic E-state index is -0.295. The molecular formula is C32H40N2O2. The molecule has 2 aromatic carbocycles. The van der Waals surface area contributed by atoms with Crippen LogP contribution >= 0.6 is 0 Å². The summed E-state index contributed by atoms with van der Waals surface area (Å²) in [5.41, 5.74) is 7.27. The molecule has 2 aromatic rings. The molecule has 0 saturated heterocycles. The quantitative estimate of drug-likeness (QED) is 0.189.